The summed E-state index contributed by atoms with van der Waals surface area (Å²) >= 11 is 0. The molecule has 8 rings (SSSR count). The third-order valence-corrected chi connectivity index (χ3v) is 12.5. The van der Waals surface area contributed by atoms with Gasteiger partial charge in [-0.15, -0.1) is 0 Å². The van der Waals surface area contributed by atoms with E-state index in [-0.39, 0.29) is 0 Å². The Morgan fingerprint density at radius 1 is 0.263 bits per heavy atom. The van der Waals surface area contributed by atoms with Crippen molar-refractivity contribution >= 4 is 0 Å². The van der Waals surface area contributed by atoms with Crippen molar-refractivity contribution in [2.24, 2.45) is 0 Å². The van der Waals surface area contributed by atoms with Crippen LogP contribution in [-0.4, -0.2) is 46.3 Å². The molecule has 0 aromatic rings. The van der Waals surface area contributed by atoms with Crippen LogP contribution in [0.25, 0.3) is 0 Å². The van der Waals surface area contributed by atoms with E-state index in [0.29, 0.717) is 22.2 Å². The summed E-state index contributed by atoms with van der Waals surface area (Å²) in [6, 6.07) is 3.02. The molecule has 0 aromatic heterocycles. The Morgan fingerprint density at radius 2 is 0.447 bits per heavy atom. The maximum absolute atomic E-state index is 4.53. The second-order valence-electron chi connectivity index (χ2n) is 16.1. The van der Waals surface area contributed by atoms with Crippen molar-refractivity contribution in [2.75, 3.05) is 0 Å². The molecule has 0 saturated heterocycles. The molecule has 8 aliphatic rings. The molecule has 0 aliphatic heterocycles. The summed E-state index contributed by atoms with van der Waals surface area (Å²) in [4.78, 5) is 0. The van der Waals surface area contributed by atoms with Crippen LogP contribution in [0.2, 0.25) is 0 Å². The van der Waals surface area contributed by atoms with Crippen LogP contribution < -0.4 is 21.3 Å². The molecule has 0 unspecified atom stereocenters. The highest BCUT2D eigenvalue weighted by Gasteiger charge is 2.69. The summed E-state index contributed by atoms with van der Waals surface area (Å²) in [5.74, 6) is 0. The van der Waals surface area contributed by atoms with Crippen LogP contribution in [0.1, 0.15) is 167 Å². The van der Waals surface area contributed by atoms with Gasteiger partial charge in [-0.25, -0.2) is 0 Å². The second kappa shape index (κ2) is 10.9. The second-order valence-corrected chi connectivity index (χ2v) is 16.1. The summed E-state index contributed by atoms with van der Waals surface area (Å²) in [7, 11) is 0. The highest BCUT2D eigenvalue weighted by Crippen LogP contribution is 2.62. The first-order valence-electron chi connectivity index (χ1n) is 17.7. The number of hydrogen-bond acceptors (Lipinski definition) is 4. The van der Waals surface area contributed by atoms with Crippen molar-refractivity contribution in [3.05, 3.63) is 0 Å². The molecule has 8 fully saturated rings. The van der Waals surface area contributed by atoms with Gasteiger partial charge in [0.05, 0.1) is 0 Å². The van der Waals surface area contributed by atoms with E-state index in [4.69, 9.17) is 0 Å². The molecule has 8 saturated carbocycles. The lowest BCUT2D eigenvalue weighted by molar-refractivity contribution is -0.119. The third kappa shape index (κ3) is 5.64. The Morgan fingerprint density at radius 3 is 0.632 bits per heavy atom. The topological polar surface area (TPSA) is 48.1 Å². The van der Waals surface area contributed by atoms with Crippen molar-refractivity contribution < 1.29 is 0 Å². The third-order valence-electron chi connectivity index (χ3n) is 12.5. The number of nitrogens with one attached hydrogen (secondary N) is 4. The van der Waals surface area contributed by atoms with E-state index in [9.17, 15) is 0 Å². The summed E-state index contributed by atoms with van der Waals surface area (Å²) in [6.07, 6.45) is 37.0. The molecule has 8 aliphatic carbocycles. The fourth-order valence-corrected chi connectivity index (χ4v) is 12.0. The average Bonchev–Trinajstić information content (AvgIpc) is 2.89. The van der Waals surface area contributed by atoms with Crippen molar-refractivity contribution in [1.82, 2.24) is 21.3 Å². The molecule has 0 atom stereocenters. The van der Waals surface area contributed by atoms with Gasteiger partial charge >= 0.3 is 0 Å². The molecular formula is C34H60N4. The lowest BCUT2D eigenvalue weighted by Crippen LogP contribution is -2.84. The summed E-state index contributed by atoms with van der Waals surface area (Å²) < 4.78 is 0. The van der Waals surface area contributed by atoms with E-state index in [1.807, 2.05) is 0 Å². The Balaban J connectivity index is 1.22. The quantitative estimate of drug-likeness (QED) is 0.276. The van der Waals surface area contributed by atoms with E-state index in [2.05, 4.69) is 21.3 Å². The van der Waals surface area contributed by atoms with Crippen LogP contribution in [0.5, 0.6) is 0 Å². The molecule has 216 valence electrons. The van der Waals surface area contributed by atoms with Gasteiger partial charge in [-0.2, -0.15) is 0 Å². The molecule has 4 N–H and O–H groups in total. The van der Waals surface area contributed by atoms with Crippen molar-refractivity contribution in [2.45, 2.75) is 213 Å². The van der Waals surface area contributed by atoms with Gasteiger partial charge in [-0.05, 0) is 89.9 Å². The molecule has 4 heteroatoms. The predicted molar refractivity (Wildman–Crippen MR) is 159 cm³/mol. The van der Waals surface area contributed by atoms with Crippen LogP contribution in [0.3, 0.4) is 0 Å². The normalized spacial score (nSPS) is 43.6. The lowest BCUT2D eigenvalue weighted by atomic mass is 9.43. The predicted octanol–water partition coefficient (Wildman–Crippen LogP) is 7.01. The van der Waals surface area contributed by atoms with Crippen LogP contribution in [0.15, 0.2) is 0 Å². The van der Waals surface area contributed by atoms with Crippen LogP contribution in [-0.2, 0) is 0 Å². The maximum Gasteiger partial charge on any atom is 0.0236 e. The molecule has 0 amide bonds. The molecular weight excluding hydrogens is 464 g/mol. The van der Waals surface area contributed by atoms with Gasteiger partial charge in [0, 0.05) is 46.3 Å². The van der Waals surface area contributed by atoms with E-state index in [0.717, 1.165) is 24.2 Å². The molecule has 0 heterocycles. The van der Waals surface area contributed by atoms with Crippen molar-refractivity contribution in [3.63, 3.8) is 0 Å². The molecule has 0 spiro atoms. The van der Waals surface area contributed by atoms with Gasteiger partial charge in [0.2, 0.25) is 0 Å². The zero-order chi connectivity index (χ0) is 25.5. The average molecular weight is 525 g/mol. The lowest BCUT2D eigenvalue weighted by Gasteiger charge is -2.72. The molecule has 4 bridgehead atoms. The molecule has 38 heavy (non-hydrogen) atoms. The van der Waals surface area contributed by atoms with E-state index >= 15 is 0 Å². The largest absolute Gasteiger partial charge is 0.308 e. The van der Waals surface area contributed by atoms with Gasteiger partial charge in [0.1, 0.15) is 0 Å². The highest BCUT2D eigenvalue weighted by molar-refractivity contribution is 5.30. The number of hydrogen-bond donors (Lipinski definition) is 4. The number of rotatable bonds is 8. The monoisotopic (exact) mass is 524 g/mol. The molecule has 0 radical (unpaired) electrons. The summed E-state index contributed by atoms with van der Waals surface area (Å²) in [5, 5.41) is 18.1. The fraction of sp³-hybridized carbons (Fsp3) is 1.00. The van der Waals surface area contributed by atoms with Crippen molar-refractivity contribution in [1.29, 1.82) is 0 Å². The van der Waals surface area contributed by atoms with E-state index < -0.39 is 0 Å². The van der Waals surface area contributed by atoms with Crippen LogP contribution in [0.4, 0.5) is 0 Å². The van der Waals surface area contributed by atoms with Crippen LogP contribution in [0, 0.1) is 0 Å². The smallest absolute Gasteiger partial charge is 0.0236 e. The minimum absolute atomic E-state index is 0.307. The first kappa shape index (κ1) is 26.7. The molecule has 0 aromatic carbocycles. The first-order chi connectivity index (χ1) is 18.6. The first-order valence-corrected chi connectivity index (χ1v) is 17.7. The summed E-state index contributed by atoms with van der Waals surface area (Å²) in [6.45, 7) is 0. The van der Waals surface area contributed by atoms with E-state index in [1.165, 1.54) is 167 Å². The summed E-state index contributed by atoms with van der Waals surface area (Å²) in [5.41, 5.74) is 1.23. The zero-order valence-electron chi connectivity index (χ0n) is 24.7. The highest BCUT2D eigenvalue weighted by atomic mass is 15.2. The SMILES string of the molecule is C1CCC(NC23CC4(NC5CCCCC5)CC(NC5CCCCC5)(C2)CC(NC2CCCCC2)(C3)C4)CC1. The minimum Gasteiger partial charge on any atom is -0.308 e. The Labute approximate surface area is 234 Å². The fourth-order valence-electron chi connectivity index (χ4n) is 12.0. The zero-order valence-corrected chi connectivity index (χ0v) is 24.7. The van der Waals surface area contributed by atoms with Gasteiger partial charge in [0.25, 0.3) is 0 Å². The Kier molecular flexibility index (Phi) is 7.68. The van der Waals surface area contributed by atoms with Gasteiger partial charge < -0.3 is 21.3 Å². The van der Waals surface area contributed by atoms with E-state index in [1.54, 1.807) is 0 Å². The van der Waals surface area contributed by atoms with Gasteiger partial charge in [-0.1, -0.05) is 77.0 Å². The Bertz CT molecular complexity index is 619. The van der Waals surface area contributed by atoms with Crippen molar-refractivity contribution in [3.8, 4) is 0 Å². The minimum atomic E-state index is 0.307. The van der Waals surface area contributed by atoms with Gasteiger partial charge in [0.15, 0.2) is 0 Å². The van der Waals surface area contributed by atoms with Crippen LogP contribution >= 0.6 is 0 Å². The Hall–Kier alpha value is -0.160. The standard InChI is InChI=1S/C34H60N4/c1-5-13-27(14-6-1)35-31-21-32(36-28-15-7-2-8-16-28)24-33(22-31,37-29-17-9-3-10-18-29)26-34(23-31,25-32)38-30-19-11-4-12-20-30/h27-30,35-38H,1-26H2. The maximum atomic E-state index is 4.53. The van der Waals surface area contributed by atoms with Gasteiger partial charge in [-0.3, -0.25) is 0 Å². The molecule has 4 nitrogen and oxygen atoms in total.